The second-order valence-electron chi connectivity index (χ2n) is 11.3. The molecule has 8 atom stereocenters. The molecule has 4 rings (SSSR count). The van der Waals surface area contributed by atoms with Crippen molar-refractivity contribution in [3.8, 4) is 0 Å². The Morgan fingerprint density at radius 2 is 1.83 bits per heavy atom. The molecule has 0 aliphatic heterocycles. The quantitative estimate of drug-likeness (QED) is 0.676. The number of hydrogen-bond donors (Lipinski definition) is 1. The number of esters is 1. The van der Waals surface area contributed by atoms with E-state index in [-0.39, 0.29) is 23.2 Å². The summed E-state index contributed by atoms with van der Waals surface area (Å²) in [5.74, 6) is 2.95. The van der Waals surface area contributed by atoms with E-state index in [2.05, 4.69) is 20.8 Å². The van der Waals surface area contributed by atoms with Crippen molar-refractivity contribution >= 4 is 11.8 Å². The van der Waals surface area contributed by atoms with Crippen molar-refractivity contribution in [2.45, 2.75) is 97.5 Å². The summed E-state index contributed by atoms with van der Waals surface area (Å²) in [5.41, 5.74) is -0.880. The third-order valence-electron chi connectivity index (χ3n) is 10.3. The van der Waals surface area contributed by atoms with Gasteiger partial charge in [0.2, 0.25) is 0 Å². The Kier molecular flexibility index (Phi) is 5.41. The monoisotopic (exact) mass is 404 g/mol. The van der Waals surface area contributed by atoms with Gasteiger partial charge in [-0.15, -0.1) is 0 Å². The molecule has 3 unspecified atom stereocenters. The zero-order valence-electron chi connectivity index (χ0n) is 18.8. The Labute approximate surface area is 176 Å². The predicted octanol–water partition coefficient (Wildman–Crippen LogP) is 4.92. The van der Waals surface area contributed by atoms with Crippen LogP contribution in [-0.4, -0.2) is 29.1 Å². The molecule has 4 nitrogen and oxygen atoms in total. The van der Waals surface area contributed by atoms with Crippen molar-refractivity contribution in [1.29, 1.82) is 0 Å². The molecule has 4 fully saturated rings. The minimum Gasteiger partial charge on any atom is -0.466 e. The second kappa shape index (κ2) is 7.35. The van der Waals surface area contributed by atoms with E-state index in [0.717, 1.165) is 44.9 Å². The van der Waals surface area contributed by atoms with Gasteiger partial charge < -0.3 is 9.84 Å². The molecule has 4 saturated carbocycles. The first-order chi connectivity index (χ1) is 13.7. The fourth-order valence-corrected chi connectivity index (χ4v) is 8.39. The molecule has 4 aliphatic carbocycles. The Balaban J connectivity index is 1.56. The van der Waals surface area contributed by atoms with E-state index in [4.69, 9.17) is 4.74 Å². The lowest BCUT2D eigenvalue weighted by Crippen LogP contribution is -2.58. The Hall–Kier alpha value is -0.900. The average molecular weight is 405 g/mol. The Morgan fingerprint density at radius 3 is 2.55 bits per heavy atom. The maximum Gasteiger partial charge on any atom is 0.308 e. The minimum atomic E-state index is -0.931. The number of hydrogen-bond acceptors (Lipinski definition) is 4. The van der Waals surface area contributed by atoms with Gasteiger partial charge in [-0.25, -0.2) is 0 Å². The molecule has 4 aliphatic rings. The lowest BCUT2D eigenvalue weighted by molar-refractivity contribution is -0.177. The van der Waals surface area contributed by atoms with E-state index >= 15 is 0 Å². The first-order valence-corrected chi connectivity index (χ1v) is 12.1. The smallest absolute Gasteiger partial charge is 0.308 e. The van der Waals surface area contributed by atoms with E-state index in [1.165, 1.54) is 6.42 Å². The molecule has 0 spiro atoms. The molecule has 29 heavy (non-hydrogen) atoms. The lowest BCUT2D eigenvalue weighted by atomic mass is 9.42. The fourth-order valence-electron chi connectivity index (χ4n) is 8.39. The predicted molar refractivity (Wildman–Crippen MR) is 112 cm³/mol. The van der Waals surface area contributed by atoms with Crippen LogP contribution in [0.2, 0.25) is 0 Å². The molecule has 0 aromatic heterocycles. The number of ether oxygens (including phenoxy) is 1. The molecular weight excluding hydrogens is 364 g/mol. The highest BCUT2D eigenvalue weighted by molar-refractivity contribution is 5.80. The van der Waals surface area contributed by atoms with Crippen LogP contribution in [0.3, 0.4) is 0 Å². The van der Waals surface area contributed by atoms with Crippen LogP contribution in [0, 0.1) is 40.4 Å². The van der Waals surface area contributed by atoms with E-state index < -0.39 is 5.60 Å². The number of carbonyl (C=O) groups is 2. The number of fused-ring (bicyclic) bond motifs is 5. The normalized spacial score (nSPS) is 49.1. The van der Waals surface area contributed by atoms with Gasteiger partial charge in [0.05, 0.1) is 18.6 Å². The van der Waals surface area contributed by atoms with E-state index in [1.54, 1.807) is 0 Å². The standard InChI is InChI=1S/C25H40O4/c1-5-12-29-22(27)15-25(28)11-9-20-19-7-6-17-14-18(26)13-16(2)24(17,4)21(19)8-10-23(20,25)3/h16-17,19-21,28H,5-15H2,1-4H3/t16?,17?,19-,20-,21+,23-,24-,25?/m0/s1. The first kappa shape index (κ1) is 21.3. The number of aliphatic hydroxyl groups is 1. The topological polar surface area (TPSA) is 63.6 Å². The summed E-state index contributed by atoms with van der Waals surface area (Å²) in [4.78, 5) is 24.6. The van der Waals surface area contributed by atoms with Crippen LogP contribution in [0.5, 0.6) is 0 Å². The van der Waals surface area contributed by atoms with Crippen LogP contribution in [0.1, 0.15) is 91.9 Å². The van der Waals surface area contributed by atoms with Crippen molar-refractivity contribution in [2.75, 3.05) is 6.61 Å². The van der Waals surface area contributed by atoms with Gasteiger partial charge in [0.15, 0.2) is 0 Å². The van der Waals surface area contributed by atoms with Crippen LogP contribution in [-0.2, 0) is 14.3 Å². The molecule has 164 valence electrons. The highest BCUT2D eigenvalue weighted by Gasteiger charge is 2.65. The molecule has 4 heteroatoms. The van der Waals surface area contributed by atoms with Crippen LogP contribution in [0.15, 0.2) is 0 Å². The summed E-state index contributed by atoms with van der Waals surface area (Å²) in [5, 5.41) is 11.6. The summed E-state index contributed by atoms with van der Waals surface area (Å²) >= 11 is 0. The SMILES string of the molecule is CCCOC(=O)CC1(O)CC[C@H]2[C@@H]3CCC4CC(=O)CC(C)[C@]4(C)[C@@H]3CC[C@@]21C. The molecule has 0 bridgehead atoms. The van der Waals surface area contributed by atoms with Gasteiger partial charge in [0, 0.05) is 12.8 Å². The molecule has 0 saturated heterocycles. The molecule has 0 heterocycles. The van der Waals surface area contributed by atoms with Gasteiger partial charge in [-0.1, -0.05) is 27.7 Å². The van der Waals surface area contributed by atoms with Crippen molar-refractivity contribution in [1.82, 2.24) is 0 Å². The molecule has 0 aromatic rings. The average Bonchev–Trinajstić information content (AvgIpc) is 2.92. The summed E-state index contributed by atoms with van der Waals surface area (Å²) in [6, 6.07) is 0. The number of carbonyl (C=O) groups excluding carboxylic acids is 2. The van der Waals surface area contributed by atoms with E-state index in [9.17, 15) is 14.7 Å². The van der Waals surface area contributed by atoms with Gasteiger partial charge >= 0.3 is 5.97 Å². The summed E-state index contributed by atoms with van der Waals surface area (Å²) in [6.45, 7) is 9.45. The first-order valence-electron chi connectivity index (χ1n) is 12.1. The Morgan fingerprint density at radius 1 is 1.10 bits per heavy atom. The van der Waals surface area contributed by atoms with Crippen molar-refractivity contribution in [2.24, 2.45) is 40.4 Å². The summed E-state index contributed by atoms with van der Waals surface area (Å²) in [6.07, 6.45) is 8.64. The van der Waals surface area contributed by atoms with E-state index in [1.807, 2.05) is 6.92 Å². The van der Waals surface area contributed by atoms with Gasteiger partial charge in [-0.05, 0) is 85.4 Å². The minimum absolute atomic E-state index is 0.141. The van der Waals surface area contributed by atoms with Crippen LogP contribution in [0.25, 0.3) is 0 Å². The van der Waals surface area contributed by atoms with Gasteiger partial charge in [0.1, 0.15) is 5.78 Å². The van der Waals surface area contributed by atoms with Gasteiger partial charge in [-0.3, -0.25) is 9.59 Å². The van der Waals surface area contributed by atoms with Crippen LogP contribution >= 0.6 is 0 Å². The highest BCUT2D eigenvalue weighted by Crippen LogP contribution is 2.69. The third kappa shape index (κ3) is 3.11. The van der Waals surface area contributed by atoms with Crippen molar-refractivity contribution in [3.63, 3.8) is 0 Å². The molecule has 1 N–H and O–H groups in total. The second-order valence-corrected chi connectivity index (χ2v) is 11.3. The highest BCUT2D eigenvalue weighted by atomic mass is 16.5. The van der Waals surface area contributed by atoms with Crippen LogP contribution < -0.4 is 0 Å². The largest absolute Gasteiger partial charge is 0.466 e. The molecule has 0 aromatic carbocycles. The van der Waals surface area contributed by atoms with Crippen molar-refractivity contribution < 1.29 is 19.4 Å². The van der Waals surface area contributed by atoms with Gasteiger partial charge in [-0.2, -0.15) is 0 Å². The Bertz CT molecular complexity index is 674. The number of rotatable bonds is 4. The third-order valence-corrected chi connectivity index (χ3v) is 10.3. The molecule has 0 radical (unpaired) electrons. The summed E-state index contributed by atoms with van der Waals surface area (Å²) < 4.78 is 5.33. The lowest BCUT2D eigenvalue weighted by Gasteiger charge is -2.62. The number of Topliss-reactive ketones (excluding diaryl/α,β-unsaturated/α-hetero) is 1. The zero-order chi connectivity index (χ0) is 21.0. The van der Waals surface area contributed by atoms with Crippen LogP contribution in [0.4, 0.5) is 0 Å². The zero-order valence-corrected chi connectivity index (χ0v) is 18.8. The molecular formula is C25H40O4. The maximum absolute atomic E-state index is 12.4. The fraction of sp³-hybridized carbons (Fsp3) is 0.920. The van der Waals surface area contributed by atoms with Crippen molar-refractivity contribution in [3.05, 3.63) is 0 Å². The summed E-state index contributed by atoms with van der Waals surface area (Å²) in [7, 11) is 0. The maximum atomic E-state index is 12.4. The number of ketones is 1. The van der Waals surface area contributed by atoms with E-state index in [0.29, 0.717) is 48.4 Å². The van der Waals surface area contributed by atoms with Gasteiger partial charge in [0.25, 0.3) is 0 Å². The molecule has 0 amide bonds.